The van der Waals surface area contributed by atoms with Gasteiger partial charge in [0.2, 0.25) is 0 Å². The van der Waals surface area contributed by atoms with E-state index in [4.69, 9.17) is 25.2 Å². The number of halogens is 4. The zero-order chi connectivity index (χ0) is 98.2. The number of pyridine rings is 3. The fraction of sp³-hybridized carbons (Fsp3) is 0.138. The predicted octanol–water partition coefficient (Wildman–Crippen LogP) is 30.2. The molecule has 0 atom stereocenters. The van der Waals surface area contributed by atoms with Gasteiger partial charge in [-0.25, -0.2) is 8.78 Å². The van der Waals surface area contributed by atoms with Crippen molar-refractivity contribution in [1.82, 2.24) is 53.2 Å². The average molecular weight is 2600 g/mol. The molecule has 12 nitrogen and oxygen atoms in total. The van der Waals surface area contributed by atoms with Crippen molar-refractivity contribution in [2.24, 2.45) is 0 Å². The fourth-order valence-electron chi connectivity index (χ4n) is 18.3. The van der Waals surface area contributed by atoms with Gasteiger partial charge in [-0.1, -0.05) is 198 Å². The van der Waals surface area contributed by atoms with Crippen LogP contribution in [0.4, 0.5) is 17.6 Å². The van der Waals surface area contributed by atoms with Crippen LogP contribution >= 0.6 is 0 Å². The number of hydrogen-bond donors (Lipinski definition) is 0. The van der Waals surface area contributed by atoms with Gasteiger partial charge in [-0.2, -0.15) is 5.26 Å². The number of nitrogens with zero attached hydrogens (tertiary/aromatic N) is 12. The quantitative estimate of drug-likeness (QED) is 0.0597. The van der Waals surface area contributed by atoms with Crippen LogP contribution in [0.25, 0.3) is 136 Å². The van der Waals surface area contributed by atoms with E-state index >= 15 is 0 Å². The Kier molecular flexibility index (Phi) is 38.3. The van der Waals surface area contributed by atoms with Crippen LogP contribution < -0.4 is 0 Å². The van der Waals surface area contributed by atoms with Crippen molar-refractivity contribution in [3.05, 3.63) is 482 Å². The van der Waals surface area contributed by atoms with Crippen LogP contribution in [-0.4, -0.2) is 53.2 Å². The molecule has 0 saturated carbocycles. The smallest absolute Gasteiger partial charge is 0.128 e. The first-order valence-electron chi connectivity index (χ1n) is 45.8. The molecule has 20 heteroatoms. The first-order valence-corrected chi connectivity index (χ1v) is 45.8. The Labute approximate surface area is 890 Å². The summed E-state index contributed by atoms with van der Waals surface area (Å²) in [5.74, 6) is 0.0533. The van der Waals surface area contributed by atoms with Crippen LogP contribution in [0.3, 0.4) is 0 Å². The molecule has 13 aromatic carbocycles. The van der Waals surface area contributed by atoms with Crippen molar-refractivity contribution in [2.45, 2.75) is 118 Å². The van der Waals surface area contributed by atoms with Gasteiger partial charge in [0.05, 0.1) is 63.8 Å². The third kappa shape index (κ3) is 24.8. The van der Waals surface area contributed by atoms with Crippen LogP contribution in [0.15, 0.2) is 322 Å². The molecule has 20 aromatic rings. The number of hydrogen-bond acceptors (Lipinski definition) is 8. The van der Waals surface area contributed by atoms with Gasteiger partial charge in [0, 0.05) is 163 Å². The standard InChI is InChI=1S/C27H27N2.2C25H23N2.C24H21N2.C12H5F2N2.C10H5F2N2.4Ir/c1-17-12-19(3)25(20(4)13-17)24-16-28-27(23-10-8-7-9-11-23)29(24)26-21(5)14-18(2)15-22(26)6;2*1-17-10-8-11-18(2)23(17)22-16-26-25(21-14-6-5-7-15-21)27(22)24-19(3)12-9-13-20(24)4;1-17-14-18(2)23(19(3)15-17)26-22(20-10-6-4-7-11-20)16-25-24(26)21-12-8-5-9-13-21;13-10-5-4-8(12(14)9(10)7-15)11-3-1-2-6-16-11;11-9-5-4-7(10(12)14-9)8-3-1-2-6-13-8;;;;/h7-10,12-16H,1-6H3;2*5-14,16H,1-4H3;4-12,14-16H,1-3H3;1-3,5-6H;1-3,5-6H;;;;/q6*-1;;;;. The zero-order valence-electron chi connectivity index (χ0n) is 82.3. The predicted molar refractivity (Wildman–Crippen MR) is 553 cm³/mol. The second-order valence-corrected chi connectivity index (χ2v) is 34.6. The minimum atomic E-state index is -0.929. The first-order chi connectivity index (χ1) is 67.2. The molecule has 20 rings (SSSR count). The van der Waals surface area contributed by atoms with E-state index in [0.717, 1.165) is 86.0 Å². The largest absolute Gasteiger partial charge is 0.333 e. The van der Waals surface area contributed by atoms with Crippen LogP contribution in [0.2, 0.25) is 0 Å². The SMILES string of the molecule is Cc1cc(C)c(-c2cnc(-c3[c-]cccc3)n2-c2c(C)cc(C)cc2C)c(C)c1.Cc1cc(C)c(-n2c(-c3ccccc3)cnc2-c2[c-]cccc2)c(C)c1.Cc1cccc(C)c1-c1cnc(-c2[c-]cccc2)n1-c1c(C)cccc1C.Cc1cccc(C)c1-c1cnc(-c2[c-]cccc2)n1-c1c(C)cccc1C.Fc1c[c-]c(-c2ccccn2)c(F)n1.N#Cc1c(F)c[c-]c(-c2ccccn2)c1F.[Ir].[Ir].[Ir].[Ir]. The van der Waals surface area contributed by atoms with E-state index in [-0.39, 0.29) is 91.5 Å². The molecule has 4 radical (unpaired) electrons. The summed E-state index contributed by atoms with van der Waals surface area (Å²) in [5.41, 5.74) is 39.6. The first kappa shape index (κ1) is 109. The van der Waals surface area contributed by atoms with E-state index in [9.17, 15) is 17.6 Å². The summed E-state index contributed by atoms with van der Waals surface area (Å²) in [6.07, 6.45) is 11.0. The number of benzene rings is 13. The number of imidazole rings is 4. The summed E-state index contributed by atoms with van der Waals surface area (Å²) in [4.78, 5) is 30.2. The van der Waals surface area contributed by atoms with Crippen molar-refractivity contribution in [3.8, 4) is 142 Å². The van der Waals surface area contributed by atoms with Crippen molar-refractivity contribution in [3.63, 3.8) is 0 Å². The molecule has 0 fully saturated rings. The Bertz CT molecular complexity index is 7430. The number of nitriles is 1. The molecular formula is C123H104F4Ir4N12-6. The molecule has 143 heavy (non-hydrogen) atoms. The molecule has 0 amide bonds. The minimum Gasteiger partial charge on any atom is -0.333 e. The van der Waals surface area contributed by atoms with E-state index < -0.39 is 29.1 Å². The van der Waals surface area contributed by atoms with Crippen molar-refractivity contribution >= 4 is 0 Å². The molecule has 0 unspecified atom stereocenters. The minimum absolute atomic E-state index is 0. The van der Waals surface area contributed by atoms with Gasteiger partial charge in [0.25, 0.3) is 0 Å². The Morgan fingerprint density at radius 3 is 0.895 bits per heavy atom. The summed E-state index contributed by atoms with van der Waals surface area (Å²) in [6, 6.07) is 113. The fourth-order valence-corrected chi connectivity index (χ4v) is 18.3. The van der Waals surface area contributed by atoms with Crippen molar-refractivity contribution < 1.29 is 98.0 Å². The molecule has 0 aliphatic rings. The number of para-hydroxylation sites is 2. The Balaban J connectivity index is 0.000000165. The van der Waals surface area contributed by atoms with Gasteiger partial charge in [-0.3, -0.25) is 33.7 Å². The molecule has 726 valence electrons. The van der Waals surface area contributed by atoms with E-state index in [0.29, 0.717) is 11.4 Å². The normalized spacial score (nSPS) is 10.5. The maximum Gasteiger partial charge on any atom is 0.128 e. The topological polar surface area (TPSA) is 134 Å². The van der Waals surface area contributed by atoms with Gasteiger partial charge >= 0.3 is 0 Å². The van der Waals surface area contributed by atoms with Gasteiger partial charge in [-0.15, -0.1) is 162 Å². The average Bonchev–Trinajstić information content (AvgIpc) is 1.66. The number of aromatic nitrogens is 11. The van der Waals surface area contributed by atoms with Crippen LogP contribution in [-0.2, 0) is 80.4 Å². The molecule has 7 heterocycles. The molecule has 0 N–H and O–H groups in total. The number of aryl methyl sites for hydroxylation is 17. The van der Waals surface area contributed by atoms with E-state index in [1.54, 1.807) is 36.4 Å². The molecule has 0 aliphatic heterocycles. The van der Waals surface area contributed by atoms with Gasteiger partial charge in [-0.05, 0) is 225 Å². The Morgan fingerprint density at radius 1 is 0.280 bits per heavy atom. The monoisotopic (exact) mass is 2600 g/mol. The van der Waals surface area contributed by atoms with E-state index in [1.165, 1.54) is 152 Å². The molecule has 0 aliphatic carbocycles. The Morgan fingerprint density at radius 2 is 0.573 bits per heavy atom. The van der Waals surface area contributed by atoms with E-state index in [1.807, 2.05) is 104 Å². The third-order valence-corrected chi connectivity index (χ3v) is 24.1. The van der Waals surface area contributed by atoms with Crippen LogP contribution in [0.5, 0.6) is 0 Å². The summed E-state index contributed by atoms with van der Waals surface area (Å²) in [6.45, 7) is 36.8. The third-order valence-electron chi connectivity index (χ3n) is 24.1. The molecular weight excluding hydrogens is 2490 g/mol. The van der Waals surface area contributed by atoms with Crippen LogP contribution in [0.1, 0.15) is 100 Å². The maximum atomic E-state index is 13.7. The molecule has 7 aromatic heterocycles. The van der Waals surface area contributed by atoms with Crippen molar-refractivity contribution in [1.29, 1.82) is 5.26 Å². The summed E-state index contributed by atoms with van der Waals surface area (Å²) >= 11 is 0. The van der Waals surface area contributed by atoms with E-state index in [2.05, 4.69) is 345 Å². The van der Waals surface area contributed by atoms with Gasteiger partial charge < -0.3 is 28.2 Å². The summed E-state index contributed by atoms with van der Waals surface area (Å²) in [5, 5.41) is 8.61. The Hall–Kier alpha value is -14.0. The second kappa shape index (κ2) is 50.1. The molecule has 0 saturated heterocycles. The molecule has 0 bridgehead atoms. The van der Waals surface area contributed by atoms with Crippen molar-refractivity contribution in [2.75, 3.05) is 0 Å². The summed E-state index contributed by atoms with van der Waals surface area (Å²) in [7, 11) is 0. The van der Waals surface area contributed by atoms with Crippen LogP contribution in [0, 0.1) is 189 Å². The summed E-state index contributed by atoms with van der Waals surface area (Å²) < 4.78 is 61.5. The van der Waals surface area contributed by atoms with Gasteiger partial charge in [0.1, 0.15) is 11.9 Å². The maximum absolute atomic E-state index is 13.7. The second-order valence-electron chi connectivity index (χ2n) is 34.6. The van der Waals surface area contributed by atoms with Gasteiger partial charge in [0.15, 0.2) is 0 Å². The number of rotatable bonds is 14. The molecule has 0 spiro atoms. The zero-order valence-corrected chi connectivity index (χ0v) is 91.9.